The van der Waals surface area contributed by atoms with Crippen LogP contribution in [0, 0.1) is 0 Å². The van der Waals surface area contributed by atoms with Gasteiger partial charge in [0.25, 0.3) is 0 Å². The molecule has 0 aromatic heterocycles. The summed E-state index contributed by atoms with van der Waals surface area (Å²) in [5.74, 6) is -0.0416. The average molecular weight is 300 g/mol. The van der Waals surface area contributed by atoms with E-state index in [4.69, 9.17) is 10.5 Å². The molecular weight excluding hydrogens is 276 g/mol. The molecule has 0 atom stereocenters. The van der Waals surface area contributed by atoms with E-state index in [0.717, 1.165) is 11.1 Å². The molecule has 1 aromatic rings. The summed E-state index contributed by atoms with van der Waals surface area (Å²) in [6.07, 6.45) is 0. The molecule has 1 rings (SSSR count). The van der Waals surface area contributed by atoms with Gasteiger partial charge < -0.3 is 10.5 Å². The lowest BCUT2D eigenvalue weighted by molar-refractivity contribution is -0.00515. The summed E-state index contributed by atoms with van der Waals surface area (Å²) in [6.45, 7) is 6.85. The fourth-order valence-electron chi connectivity index (χ4n) is 1.77. The quantitative estimate of drug-likeness (QED) is 0.760. The highest BCUT2D eigenvalue weighted by Gasteiger charge is 2.21. The van der Waals surface area contributed by atoms with E-state index in [-0.39, 0.29) is 12.3 Å². The summed E-state index contributed by atoms with van der Waals surface area (Å²) in [6, 6.07) is 7.26. The van der Waals surface area contributed by atoms with E-state index in [1.807, 2.05) is 32.9 Å². The topological polar surface area (TPSA) is 81.4 Å². The van der Waals surface area contributed by atoms with E-state index in [2.05, 4.69) is 4.72 Å². The van der Waals surface area contributed by atoms with Crippen molar-refractivity contribution in [2.24, 2.45) is 5.73 Å². The van der Waals surface area contributed by atoms with Crippen LogP contribution in [0.5, 0.6) is 0 Å². The molecule has 20 heavy (non-hydrogen) atoms. The van der Waals surface area contributed by atoms with Crippen molar-refractivity contribution < 1.29 is 13.2 Å². The van der Waals surface area contributed by atoms with Crippen molar-refractivity contribution in [1.29, 1.82) is 0 Å². The Bertz CT molecular complexity index is 510. The van der Waals surface area contributed by atoms with E-state index < -0.39 is 15.6 Å². The van der Waals surface area contributed by atoms with E-state index in [9.17, 15) is 8.42 Å². The highest BCUT2D eigenvalue weighted by Crippen LogP contribution is 2.10. The van der Waals surface area contributed by atoms with Crippen molar-refractivity contribution in [2.75, 3.05) is 13.2 Å². The maximum Gasteiger partial charge on any atom is 0.215 e. The fourth-order valence-corrected chi connectivity index (χ4v) is 3.07. The van der Waals surface area contributed by atoms with Crippen LogP contribution in [0.15, 0.2) is 24.3 Å². The Morgan fingerprint density at radius 1 is 1.20 bits per heavy atom. The van der Waals surface area contributed by atoms with Crippen molar-refractivity contribution in [3.05, 3.63) is 35.4 Å². The van der Waals surface area contributed by atoms with Gasteiger partial charge in [0.1, 0.15) is 0 Å². The Balaban J connectivity index is 2.60. The smallest absolute Gasteiger partial charge is 0.215 e. The van der Waals surface area contributed by atoms with Crippen molar-refractivity contribution in [3.63, 3.8) is 0 Å². The van der Waals surface area contributed by atoms with Crippen LogP contribution in [0.3, 0.4) is 0 Å². The third-order valence-corrected chi connectivity index (χ3v) is 4.17. The Hall–Kier alpha value is -0.950. The van der Waals surface area contributed by atoms with Gasteiger partial charge >= 0.3 is 0 Å². The molecule has 0 bridgehead atoms. The molecule has 5 nitrogen and oxygen atoms in total. The maximum absolute atomic E-state index is 12.0. The first-order valence-corrected chi connectivity index (χ1v) is 8.32. The molecule has 0 saturated carbocycles. The largest absolute Gasteiger partial charge is 0.375 e. The molecule has 6 heteroatoms. The van der Waals surface area contributed by atoms with Crippen LogP contribution in [0.1, 0.15) is 31.9 Å². The average Bonchev–Trinajstić information content (AvgIpc) is 2.37. The predicted molar refractivity (Wildman–Crippen MR) is 80.7 cm³/mol. The molecule has 0 radical (unpaired) electrons. The van der Waals surface area contributed by atoms with E-state index >= 15 is 0 Å². The lowest BCUT2D eigenvalue weighted by Crippen LogP contribution is -2.40. The van der Waals surface area contributed by atoms with Gasteiger partial charge in [-0.25, -0.2) is 13.1 Å². The van der Waals surface area contributed by atoms with Gasteiger partial charge in [0.2, 0.25) is 10.0 Å². The lowest BCUT2D eigenvalue weighted by atomic mass is 10.1. The Morgan fingerprint density at radius 3 is 2.25 bits per heavy atom. The molecule has 0 spiro atoms. The summed E-state index contributed by atoms with van der Waals surface area (Å²) in [5.41, 5.74) is 6.72. The molecule has 3 N–H and O–H groups in total. The van der Waals surface area contributed by atoms with Crippen LogP contribution in [0.2, 0.25) is 0 Å². The summed E-state index contributed by atoms with van der Waals surface area (Å²) >= 11 is 0. The van der Waals surface area contributed by atoms with Gasteiger partial charge in [-0.3, -0.25) is 0 Å². The molecule has 0 aliphatic carbocycles. The maximum atomic E-state index is 12.0. The highest BCUT2D eigenvalue weighted by molar-refractivity contribution is 7.88. The number of nitrogens with one attached hydrogen (secondary N) is 1. The number of rotatable bonds is 8. The lowest BCUT2D eigenvalue weighted by Gasteiger charge is -2.24. The number of hydrogen-bond acceptors (Lipinski definition) is 4. The first-order chi connectivity index (χ1) is 9.28. The Labute approximate surface area is 121 Å². The number of ether oxygens (including phenoxy) is 1. The predicted octanol–water partition coefficient (Wildman–Crippen LogP) is 1.38. The van der Waals surface area contributed by atoms with Gasteiger partial charge in [0, 0.05) is 19.7 Å². The van der Waals surface area contributed by atoms with Gasteiger partial charge in [-0.05, 0) is 31.9 Å². The van der Waals surface area contributed by atoms with Gasteiger partial charge in [-0.2, -0.15) is 0 Å². The summed E-state index contributed by atoms with van der Waals surface area (Å²) in [7, 11) is -3.37. The molecule has 0 aliphatic heterocycles. The van der Waals surface area contributed by atoms with E-state index in [1.54, 1.807) is 12.1 Å². The second-order valence-corrected chi connectivity index (χ2v) is 7.10. The second-order valence-electron chi connectivity index (χ2n) is 5.29. The van der Waals surface area contributed by atoms with Gasteiger partial charge in [-0.1, -0.05) is 24.3 Å². The van der Waals surface area contributed by atoms with Crippen LogP contribution in [0.4, 0.5) is 0 Å². The van der Waals surface area contributed by atoms with Crippen molar-refractivity contribution >= 4 is 10.0 Å². The summed E-state index contributed by atoms with van der Waals surface area (Å²) in [5, 5.41) is 0. The molecule has 0 heterocycles. The Morgan fingerprint density at radius 2 is 1.75 bits per heavy atom. The molecular formula is C14H24N2O3S. The second kappa shape index (κ2) is 7.17. The van der Waals surface area contributed by atoms with E-state index in [0.29, 0.717) is 13.2 Å². The normalized spacial score (nSPS) is 12.6. The minimum atomic E-state index is -3.37. The molecule has 0 fully saturated rings. The standard InChI is InChI=1S/C14H24N2O3S/c1-4-19-14(2,3)11-16-20(17,18)10-13-7-5-12(9-15)6-8-13/h5-8,16H,4,9-11,15H2,1-3H3. The summed E-state index contributed by atoms with van der Waals surface area (Å²) < 4.78 is 32.1. The van der Waals surface area contributed by atoms with Crippen molar-refractivity contribution in [1.82, 2.24) is 4.72 Å². The third kappa shape index (κ3) is 6.00. The molecule has 0 unspecified atom stereocenters. The van der Waals surface area contributed by atoms with Crippen LogP contribution in [-0.2, 0) is 27.1 Å². The monoisotopic (exact) mass is 300 g/mol. The number of benzene rings is 1. The number of sulfonamides is 1. The van der Waals surface area contributed by atoms with Gasteiger partial charge in [0.15, 0.2) is 0 Å². The zero-order valence-corrected chi connectivity index (χ0v) is 13.2. The molecule has 0 saturated heterocycles. The van der Waals surface area contributed by atoms with Gasteiger partial charge in [-0.15, -0.1) is 0 Å². The first kappa shape index (κ1) is 17.1. The zero-order chi connectivity index (χ0) is 15.2. The van der Waals surface area contributed by atoms with Crippen LogP contribution in [-0.4, -0.2) is 27.2 Å². The molecule has 1 aromatic carbocycles. The third-order valence-electron chi connectivity index (χ3n) is 2.87. The van der Waals surface area contributed by atoms with Crippen molar-refractivity contribution in [3.8, 4) is 0 Å². The van der Waals surface area contributed by atoms with Crippen LogP contribution in [0.25, 0.3) is 0 Å². The number of hydrogen-bond donors (Lipinski definition) is 2. The molecule has 0 amide bonds. The SMILES string of the molecule is CCOC(C)(C)CNS(=O)(=O)Cc1ccc(CN)cc1. The van der Waals surface area contributed by atoms with Crippen LogP contribution < -0.4 is 10.5 Å². The van der Waals surface area contributed by atoms with Gasteiger partial charge in [0.05, 0.1) is 11.4 Å². The minimum Gasteiger partial charge on any atom is -0.375 e. The minimum absolute atomic E-state index is 0.0416. The van der Waals surface area contributed by atoms with Crippen molar-refractivity contribution in [2.45, 2.75) is 38.7 Å². The first-order valence-electron chi connectivity index (χ1n) is 6.67. The molecule has 0 aliphatic rings. The fraction of sp³-hybridized carbons (Fsp3) is 0.571. The highest BCUT2D eigenvalue weighted by atomic mass is 32.2. The Kier molecular flexibility index (Phi) is 6.13. The van der Waals surface area contributed by atoms with E-state index in [1.165, 1.54) is 0 Å². The molecule has 114 valence electrons. The zero-order valence-electron chi connectivity index (χ0n) is 12.3. The number of nitrogens with two attached hydrogens (primary N) is 1. The van der Waals surface area contributed by atoms with Crippen LogP contribution >= 0.6 is 0 Å². The summed E-state index contributed by atoms with van der Waals surface area (Å²) in [4.78, 5) is 0.